The number of hydrogen-bond donors (Lipinski definition) is 0. The molecular formula is C69H50BF3N2O2. The predicted molar refractivity (Wildman–Crippen MR) is 312 cm³/mol. The fourth-order valence-corrected chi connectivity index (χ4v) is 11.3. The number of nitrogens with zero attached hydrogens (tertiary/aromatic N) is 2. The fraction of sp³-hybridized carbons (Fsp3) is 0.0870. The third-order valence-corrected chi connectivity index (χ3v) is 15.1. The van der Waals surface area contributed by atoms with E-state index in [0.717, 1.165) is 70.6 Å². The van der Waals surface area contributed by atoms with Crippen LogP contribution in [0.25, 0.3) is 94.1 Å². The van der Waals surface area contributed by atoms with E-state index in [1.807, 2.05) is 133 Å². The summed E-state index contributed by atoms with van der Waals surface area (Å²) < 4.78 is 66.4. The lowest BCUT2D eigenvalue weighted by atomic mass is 9.84. The highest BCUT2D eigenvalue weighted by Gasteiger charge is 2.39. The molecule has 372 valence electrons. The highest BCUT2D eigenvalue weighted by atomic mass is 19.2. The molecule has 4 nitrogen and oxygen atoms in total. The van der Waals surface area contributed by atoms with Gasteiger partial charge >= 0.3 is 7.40 Å². The van der Waals surface area contributed by atoms with Crippen molar-refractivity contribution in [2.75, 3.05) is 0 Å². The number of allylic oxidation sites excluding steroid dienone is 2. The van der Waals surface area contributed by atoms with Crippen LogP contribution in [0.2, 0.25) is 0 Å². The van der Waals surface area contributed by atoms with Gasteiger partial charge in [0.1, 0.15) is 28.1 Å². The molecular weight excluding hydrogens is 957 g/mol. The molecule has 3 aromatic heterocycles. The molecule has 77 heavy (non-hydrogen) atoms. The van der Waals surface area contributed by atoms with E-state index in [1.54, 1.807) is 18.2 Å². The van der Waals surface area contributed by atoms with Crippen molar-refractivity contribution in [1.82, 2.24) is 4.48 Å². The van der Waals surface area contributed by atoms with Gasteiger partial charge in [0.05, 0.1) is 17.1 Å². The molecule has 4 heterocycles. The second-order valence-electron chi connectivity index (χ2n) is 20.4. The van der Waals surface area contributed by atoms with E-state index in [9.17, 15) is 0 Å². The first-order valence-electron chi connectivity index (χ1n) is 26.2. The van der Waals surface area contributed by atoms with Gasteiger partial charge in [-0.3, -0.25) is 8.63 Å². The molecule has 0 fully saturated rings. The van der Waals surface area contributed by atoms with Crippen molar-refractivity contribution in [2.45, 2.75) is 39.5 Å². The van der Waals surface area contributed by atoms with Gasteiger partial charge in [-0.15, -0.1) is 0 Å². The van der Waals surface area contributed by atoms with Gasteiger partial charge in [0, 0.05) is 66.2 Å². The Kier molecular flexibility index (Phi) is 11.9. The Hall–Kier alpha value is -9.14. The Morgan fingerprint density at radius 1 is 0.442 bits per heavy atom. The fourth-order valence-electron chi connectivity index (χ4n) is 11.3. The maximum absolute atomic E-state index is 17.7. The van der Waals surface area contributed by atoms with Crippen LogP contribution in [0.1, 0.15) is 78.6 Å². The van der Waals surface area contributed by atoms with E-state index >= 15 is 13.0 Å². The molecule has 0 atom stereocenters. The molecule has 0 bridgehead atoms. The predicted octanol–water partition coefficient (Wildman–Crippen LogP) is 19.3. The van der Waals surface area contributed by atoms with Gasteiger partial charge in [0.15, 0.2) is 0 Å². The standard InChI is InChI=1S/C69H50BF3N2O2/c1-41(2)43-27-31-46(32-28-43)61-62(49-35-37-59-54(39-49)51-21-12-15-25-57(51)76-59)66(47-33-29-44(30-34-47)42(3)4)74-67(61)65(53-23-11-14-24-56(53)71)69-63(45-17-7-5-8-18-45)64(68(75(69)70(72)73)48-19-9-6-10-20-48)50-36-38-60-55(40-50)52-22-13-16-26-58(52)77-60/h5-42H,1-4H3/b67-65-. The number of aliphatic imine (C=N–C) groups is 1. The maximum atomic E-state index is 17.7. The van der Waals surface area contributed by atoms with Crippen LogP contribution in [0.4, 0.5) is 13.0 Å². The van der Waals surface area contributed by atoms with E-state index < -0.39 is 13.2 Å². The Morgan fingerprint density at radius 3 is 1.49 bits per heavy atom. The number of fused-ring (bicyclic) bond motifs is 6. The molecule has 1 aliphatic rings. The van der Waals surface area contributed by atoms with Crippen LogP contribution in [0.3, 0.4) is 0 Å². The van der Waals surface area contributed by atoms with Crippen LogP contribution in [0.5, 0.6) is 0 Å². The molecule has 9 aromatic carbocycles. The van der Waals surface area contributed by atoms with Gasteiger partial charge in [0.2, 0.25) is 0 Å². The molecule has 0 saturated heterocycles. The second-order valence-corrected chi connectivity index (χ2v) is 20.4. The van der Waals surface area contributed by atoms with Gasteiger partial charge < -0.3 is 13.3 Å². The molecule has 13 rings (SSSR count). The summed E-state index contributed by atoms with van der Waals surface area (Å²) in [5, 5.41) is 3.61. The summed E-state index contributed by atoms with van der Waals surface area (Å²) in [5.74, 6) is -0.0960. The van der Waals surface area contributed by atoms with Crippen molar-refractivity contribution in [3.63, 3.8) is 0 Å². The van der Waals surface area contributed by atoms with Crippen LogP contribution in [0.15, 0.2) is 238 Å². The first-order valence-corrected chi connectivity index (χ1v) is 26.2. The zero-order chi connectivity index (χ0) is 52.5. The molecule has 0 saturated carbocycles. The van der Waals surface area contributed by atoms with Crippen molar-refractivity contribution in [3.05, 3.63) is 269 Å². The van der Waals surface area contributed by atoms with Crippen molar-refractivity contribution in [2.24, 2.45) is 4.99 Å². The molecule has 0 unspecified atom stereocenters. The lowest BCUT2D eigenvalue weighted by Crippen LogP contribution is -2.18. The van der Waals surface area contributed by atoms with Crippen LogP contribution in [-0.2, 0) is 0 Å². The summed E-state index contributed by atoms with van der Waals surface area (Å²) in [6.45, 7) is 8.63. The minimum atomic E-state index is -3.13. The zero-order valence-corrected chi connectivity index (χ0v) is 42.9. The van der Waals surface area contributed by atoms with Gasteiger partial charge in [-0.25, -0.2) is 9.38 Å². The Balaban J connectivity index is 1.25. The molecule has 12 aromatic rings. The van der Waals surface area contributed by atoms with Gasteiger partial charge in [-0.1, -0.05) is 204 Å². The van der Waals surface area contributed by atoms with Crippen molar-refractivity contribution < 1.29 is 21.9 Å². The molecule has 0 aliphatic carbocycles. The first kappa shape index (κ1) is 47.6. The summed E-state index contributed by atoms with van der Waals surface area (Å²) in [4.78, 5) is 5.78. The largest absolute Gasteiger partial charge is 0.678 e. The average Bonchev–Trinajstić information content (AvgIpc) is 4.38. The Labute approximate surface area is 445 Å². The minimum Gasteiger partial charge on any atom is -0.456 e. The van der Waals surface area contributed by atoms with Crippen molar-refractivity contribution in [3.8, 4) is 33.5 Å². The van der Waals surface area contributed by atoms with E-state index in [-0.39, 0.29) is 34.4 Å². The quantitative estimate of drug-likeness (QED) is 0.121. The lowest BCUT2D eigenvalue weighted by molar-refractivity contribution is 0.621. The number of hydrogen-bond acceptors (Lipinski definition) is 3. The van der Waals surface area contributed by atoms with E-state index in [1.165, 1.54) is 6.07 Å². The molecule has 0 spiro atoms. The minimum absolute atomic E-state index is 0.115. The van der Waals surface area contributed by atoms with Gasteiger partial charge in [-0.2, -0.15) is 0 Å². The number of furan rings is 2. The van der Waals surface area contributed by atoms with Crippen LogP contribution in [0, 0.1) is 5.82 Å². The Bertz CT molecular complexity index is 4350. The van der Waals surface area contributed by atoms with Crippen molar-refractivity contribution in [1.29, 1.82) is 0 Å². The van der Waals surface area contributed by atoms with Crippen LogP contribution >= 0.6 is 0 Å². The summed E-state index contributed by atoms with van der Waals surface area (Å²) in [7, 11) is -3.13. The number of rotatable bonds is 11. The van der Waals surface area contributed by atoms with Gasteiger partial charge in [0.25, 0.3) is 0 Å². The van der Waals surface area contributed by atoms with E-state index in [0.29, 0.717) is 56.0 Å². The molecule has 0 N–H and O–H groups in total. The Morgan fingerprint density at radius 2 is 0.922 bits per heavy atom. The number of halogens is 3. The normalized spacial score (nSPS) is 13.5. The van der Waals surface area contributed by atoms with Crippen molar-refractivity contribution >= 4 is 73.7 Å². The summed E-state index contributed by atoms with van der Waals surface area (Å²) in [5.41, 5.74) is 13.7. The molecule has 0 amide bonds. The molecule has 0 radical (unpaired) electrons. The summed E-state index contributed by atoms with van der Waals surface area (Å²) in [6.07, 6.45) is 0. The first-order chi connectivity index (χ1) is 37.6. The number of para-hydroxylation sites is 2. The zero-order valence-electron chi connectivity index (χ0n) is 42.9. The number of aromatic nitrogens is 1. The van der Waals surface area contributed by atoms with E-state index in [4.69, 9.17) is 13.8 Å². The highest BCUT2D eigenvalue weighted by Crippen LogP contribution is 2.54. The summed E-state index contributed by atoms with van der Waals surface area (Å²) >= 11 is 0. The SMILES string of the molecule is CC(C)c1ccc(C2=N/C(=C(/c3ccccc3F)c3c(-c4ccccc4)c(-c4ccc5oc6ccccc6c5c4)c(-c4ccccc4)n3B(F)F)C(c3ccc(C(C)C)cc3)=C2c2ccc3oc4ccccc4c3c2)cc1. The average molecular weight is 1010 g/mol. The van der Waals surface area contributed by atoms with Gasteiger partial charge in [-0.05, 0) is 93.2 Å². The highest BCUT2D eigenvalue weighted by molar-refractivity contribution is 6.44. The third kappa shape index (κ3) is 8.14. The maximum Gasteiger partial charge on any atom is 0.678 e. The summed E-state index contributed by atoms with van der Waals surface area (Å²) in [6, 6.07) is 70.1. The van der Waals surface area contributed by atoms with Crippen LogP contribution < -0.4 is 0 Å². The van der Waals surface area contributed by atoms with E-state index in [2.05, 4.69) is 88.4 Å². The smallest absolute Gasteiger partial charge is 0.456 e. The third-order valence-electron chi connectivity index (χ3n) is 15.1. The molecule has 1 aliphatic heterocycles. The van der Waals surface area contributed by atoms with Crippen LogP contribution in [-0.4, -0.2) is 17.6 Å². The lowest BCUT2D eigenvalue weighted by Gasteiger charge is -2.20. The topological polar surface area (TPSA) is 43.6 Å². The second kappa shape index (κ2) is 19.2. The monoisotopic (exact) mass is 1010 g/mol. The molecule has 8 heteroatoms. The number of benzene rings is 9.